The van der Waals surface area contributed by atoms with E-state index in [2.05, 4.69) is 25.9 Å². The SMILES string of the molecule is CCCC[C@H](O)CCCCCN(C)C. The molecule has 2 heteroatoms. The van der Waals surface area contributed by atoms with Crippen molar-refractivity contribution in [3.8, 4) is 0 Å². The predicted octanol–water partition coefficient (Wildman–Crippen LogP) is 2.66. The molecule has 0 heterocycles. The van der Waals surface area contributed by atoms with Crippen LogP contribution in [0.3, 0.4) is 0 Å². The largest absolute Gasteiger partial charge is 0.393 e. The van der Waals surface area contributed by atoms with E-state index in [9.17, 15) is 5.11 Å². The van der Waals surface area contributed by atoms with Crippen molar-refractivity contribution in [2.75, 3.05) is 20.6 Å². The Bertz CT molecular complexity index is 115. The van der Waals surface area contributed by atoms with Crippen LogP contribution in [0.4, 0.5) is 0 Å². The van der Waals surface area contributed by atoms with Gasteiger partial charge in [0.25, 0.3) is 0 Å². The van der Waals surface area contributed by atoms with E-state index in [1.165, 1.54) is 38.6 Å². The monoisotopic (exact) mass is 201 g/mol. The Hall–Kier alpha value is -0.0800. The van der Waals surface area contributed by atoms with Crippen LogP contribution in [0.5, 0.6) is 0 Å². The molecule has 0 aromatic carbocycles. The van der Waals surface area contributed by atoms with Crippen LogP contribution in [-0.4, -0.2) is 36.8 Å². The Kier molecular flexibility index (Phi) is 9.42. The van der Waals surface area contributed by atoms with Gasteiger partial charge in [-0.2, -0.15) is 0 Å². The minimum Gasteiger partial charge on any atom is -0.393 e. The van der Waals surface area contributed by atoms with Crippen molar-refractivity contribution >= 4 is 0 Å². The van der Waals surface area contributed by atoms with Gasteiger partial charge in [-0.3, -0.25) is 0 Å². The third-order valence-electron chi connectivity index (χ3n) is 2.53. The molecule has 2 nitrogen and oxygen atoms in total. The summed E-state index contributed by atoms with van der Waals surface area (Å²) in [5.74, 6) is 0. The van der Waals surface area contributed by atoms with Crippen LogP contribution in [0.1, 0.15) is 51.9 Å². The molecule has 86 valence electrons. The minimum atomic E-state index is -0.0469. The standard InChI is InChI=1S/C12H27NO/c1-4-5-9-12(14)10-7-6-8-11-13(2)3/h12,14H,4-11H2,1-3H3/t12-/m0/s1. The summed E-state index contributed by atoms with van der Waals surface area (Å²) in [6.07, 6.45) is 7.98. The molecule has 1 N–H and O–H groups in total. The Balaban J connectivity index is 3.10. The molecule has 0 unspecified atom stereocenters. The van der Waals surface area contributed by atoms with E-state index in [0.717, 1.165) is 12.8 Å². The number of unbranched alkanes of at least 4 members (excludes halogenated alkanes) is 3. The van der Waals surface area contributed by atoms with Gasteiger partial charge in [0.1, 0.15) is 0 Å². The van der Waals surface area contributed by atoms with Gasteiger partial charge < -0.3 is 10.0 Å². The van der Waals surface area contributed by atoms with E-state index < -0.39 is 0 Å². The van der Waals surface area contributed by atoms with Gasteiger partial charge in [-0.25, -0.2) is 0 Å². The predicted molar refractivity (Wildman–Crippen MR) is 62.6 cm³/mol. The highest BCUT2D eigenvalue weighted by molar-refractivity contribution is 4.56. The van der Waals surface area contributed by atoms with Crippen LogP contribution in [-0.2, 0) is 0 Å². The number of nitrogens with zero attached hydrogens (tertiary/aromatic N) is 1. The van der Waals surface area contributed by atoms with Gasteiger partial charge in [0.2, 0.25) is 0 Å². The van der Waals surface area contributed by atoms with E-state index in [0.29, 0.717) is 0 Å². The summed E-state index contributed by atoms with van der Waals surface area (Å²) >= 11 is 0. The van der Waals surface area contributed by atoms with E-state index in [1.54, 1.807) is 0 Å². The fraction of sp³-hybridized carbons (Fsp3) is 1.00. The molecular formula is C12H27NO. The Morgan fingerprint density at radius 2 is 1.64 bits per heavy atom. The van der Waals surface area contributed by atoms with Crippen LogP contribution in [0.2, 0.25) is 0 Å². The zero-order valence-corrected chi connectivity index (χ0v) is 10.1. The maximum absolute atomic E-state index is 9.58. The lowest BCUT2D eigenvalue weighted by molar-refractivity contribution is 0.147. The molecule has 0 aliphatic heterocycles. The molecular weight excluding hydrogens is 174 g/mol. The smallest absolute Gasteiger partial charge is 0.0540 e. The normalized spacial score (nSPS) is 13.5. The zero-order valence-electron chi connectivity index (χ0n) is 10.1. The van der Waals surface area contributed by atoms with Crippen molar-refractivity contribution in [1.82, 2.24) is 4.90 Å². The molecule has 0 amide bonds. The lowest BCUT2D eigenvalue weighted by Gasteiger charge is -2.11. The Morgan fingerprint density at radius 3 is 2.21 bits per heavy atom. The molecule has 0 saturated carbocycles. The first-order valence-electron chi connectivity index (χ1n) is 5.99. The number of hydrogen-bond acceptors (Lipinski definition) is 2. The molecule has 1 atom stereocenters. The number of rotatable bonds is 9. The van der Waals surface area contributed by atoms with Crippen LogP contribution in [0, 0.1) is 0 Å². The maximum atomic E-state index is 9.58. The molecule has 0 aliphatic carbocycles. The second kappa shape index (κ2) is 9.47. The van der Waals surface area contributed by atoms with Crippen LogP contribution < -0.4 is 0 Å². The van der Waals surface area contributed by atoms with Gasteiger partial charge in [-0.1, -0.05) is 32.6 Å². The molecule has 0 bridgehead atoms. The maximum Gasteiger partial charge on any atom is 0.0540 e. The van der Waals surface area contributed by atoms with Crippen molar-refractivity contribution < 1.29 is 5.11 Å². The van der Waals surface area contributed by atoms with E-state index in [-0.39, 0.29) is 6.10 Å². The average molecular weight is 201 g/mol. The Morgan fingerprint density at radius 1 is 1.00 bits per heavy atom. The first-order chi connectivity index (χ1) is 6.66. The summed E-state index contributed by atoms with van der Waals surface area (Å²) in [6, 6.07) is 0. The second-order valence-electron chi connectivity index (χ2n) is 4.45. The number of aliphatic hydroxyl groups is 1. The van der Waals surface area contributed by atoms with E-state index in [1.807, 2.05) is 0 Å². The van der Waals surface area contributed by atoms with Gasteiger partial charge in [-0.05, 0) is 39.9 Å². The van der Waals surface area contributed by atoms with Gasteiger partial charge in [-0.15, -0.1) is 0 Å². The first kappa shape index (κ1) is 13.9. The number of hydrogen-bond donors (Lipinski definition) is 1. The lowest BCUT2D eigenvalue weighted by atomic mass is 10.1. The summed E-state index contributed by atoms with van der Waals surface area (Å²) in [7, 11) is 4.21. The highest BCUT2D eigenvalue weighted by Gasteiger charge is 2.02. The van der Waals surface area contributed by atoms with Crippen molar-refractivity contribution in [3.05, 3.63) is 0 Å². The van der Waals surface area contributed by atoms with Gasteiger partial charge >= 0.3 is 0 Å². The van der Waals surface area contributed by atoms with Crippen molar-refractivity contribution in [2.45, 2.75) is 58.0 Å². The van der Waals surface area contributed by atoms with Gasteiger partial charge in [0.15, 0.2) is 0 Å². The third-order valence-corrected chi connectivity index (χ3v) is 2.53. The molecule has 0 aromatic heterocycles. The molecule has 14 heavy (non-hydrogen) atoms. The van der Waals surface area contributed by atoms with Crippen molar-refractivity contribution in [2.24, 2.45) is 0 Å². The molecule has 0 aromatic rings. The topological polar surface area (TPSA) is 23.5 Å². The van der Waals surface area contributed by atoms with Crippen molar-refractivity contribution in [1.29, 1.82) is 0 Å². The molecule has 0 fully saturated rings. The third kappa shape index (κ3) is 10.0. The zero-order chi connectivity index (χ0) is 10.8. The average Bonchev–Trinajstić information content (AvgIpc) is 2.13. The fourth-order valence-electron chi connectivity index (χ4n) is 1.57. The van der Waals surface area contributed by atoms with Crippen LogP contribution in [0.15, 0.2) is 0 Å². The molecule has 0 radical (unpaired) electrons. The van der Waals surface area contributed by atoms with Gasteiger partial charge in [0, 0.05) is 0 Å². The highest BCUT2D eigenvalue weighted by atomic mass is 16.3. The molecule has 0 rings (SSSR count). The summed E-state index contributed by atoms with van der Waals surface area (Å²) in [5, 5.41) is 9.58. The van der Waals surface area contributed by atoms with Gasteiger partial charge in [0.05, 0.1) is 6.10 Å². The fourth-order valence-corrected chi connectivity index (χ4v) is 1.57. The quantitative estimate of drug-likeness (QED) is 0.580. The summed E-state index contributed by atoms with van der Waals surface area (Å²) in [4.78, 5) is 2.22. The summed E-state index contributed by atoms with van der Waals surface area (Å²) < 4.78 is 0. The highest BCUT2D eigenvalue weighted by Crippen LogP contribution is 2.09. The van der Waals surface area contributed by atoms with E-state index in [4.69, 9.17) is 0 Å². The lowest BCUT2D eigenvalue weighted by Crippen LogP contribution is -2.13. The van der Waals surface area contributed by atoms with Crippen molar-refractivity contribution in [3.63, 3.8) is 0 Å². The molecule has 0 spiro atoms. The summed E-state index contributed by atoms with van der Waals surface area (Å²) in [5.41, 5.74) is 0. The second-order valence-corrected chi connectivity index (χ2v) is 4.45. The summed E-state index contributed by atoms with van der Waals surface area (Å²) in [6.45, 7) is 3.34. The van der Waals surface area contributed by atoms with Crippen LogP contribution in [0.25, 0.3) is 0 Å². The molecule has 0 aliphatic rings. The number of aliphatic hydroxyl groups excluding tert-OH is 1. The Labute approximate surface area is 89.3 Å². The minimum absolute atomic E-state index is 0.0469. The molecule has 0 saturated heterocycles. The van der Waals surface area contributed by atoms with Crippen LogP contribution >= 0.6 is 0 Å². The first-order valence-corrected chi connectivity index (χ1v) is 5.99. The van der Waals surface area contributed by atoms with E-state index >= 15 is 0 Å².